The molecule has 69 heavy (non-hydrogen) atoms. The lowest BCUT2D eigenvalue weighted by molar-refractivity contribution is -0.161. The van der Waals surface area contributed by atoms with Crippen molar-refractivity contribution >= 4 is 39.5 Å². The molecule has 0 aromatic rings. The van der Waals surface area contributed by atoms with Crippen molar-refractivity contribution in [2.24, 2.45) is 0 Å². The first-order valence-corrected chi connectivity index (χ1v) is 29.8. The van der Waals surface area contributed by atoms with Crippen molar-refractivity contribution in [1.82, 2.24) is 0 Å². The van der Waals surface area contributed by atoms with Gasteiger partial charge >= 0.3 is 39.5 Å². The van der Waals surface area contributed by atoms with E-state index < -0.39 is 97.5 Å². The zero-order valence-corrected chi connectivity index (χ0v) is 45.0. The van der Waals surface area contributed by atoms with Crippen LogP contribution in [0.1, 0.15) is 240 Å². The molecule has 5 atom stereocenters. The molecule has 0 aliphatic heterocycles. The smallest absolute Gasteiger partial charge is 0.462 e. The molecule has 0 radical (unpaired) electrons. The Kier molecular flexibility index (Phi) is 44.6. The van der Waals surface area contributed by atoms with Gasteiger partial charge in [0, 0.05) is 25.7 Å². The number of ether oxygens (including phenoxy) is 4. The lowest BCUT2D eigenvalue weighted by Gasteiger charge is -2.21. The number of aliphatic hydroxyl groups is 1. The summed E-state index contributed by atoms with van der Waals surface area (Å²) in [6, 6.07) is 0. The predicted molar refractivity (Wildman–Crippen MR) is 266 cm³/mol. The first kappa shape index (κ1) is 67.1. The summed E-state index contributed by atoms with van der Waals surface area (Å²) in [6.07, 6.45) is 26.0. The average molecular weight is 1030 g/mol. The van der Waals surface area contributed by atoms with Gasteiger partial charge in [0.05, 0.1) is 26.4 Å². The maximum absolute atomic E-state index is 12.8. The van der Waals surface area contributed by atoms with E-state index in [1.165, 1.54) is 64.2 Å². The lowest BCUT2D eigenvalue weighted by Crippen LogP contribution is -2.30. The van der Waals surface area contributed by atoms with Crippen molar-refractivity contribution in [3.05, 3.63) is 0 Å². The number of aliphatic hydroxyl groups excluding tert-OH is 1. The van der Waals surface area contributed by atoms with Gasteiger partial charge in [-0.3, -0.25) is 37.3 Å². The maximum Gasteiger partial charge on any atom is 0.472 e. The van der Waals surface area contributed by atoms with Crippen LogP contribution >= 0.6 is 15.6 Å². The van der Waals surface area contributed by atoms with Crippen LogP contribution in [-0.2, 0) is 65.4 Å². The van der Waals surface area contributed by atoms with E-state index in [-0.39, 0.29) is 25.7 Å². The molecule has 0 aliphatic rings. The van der Waals surface area contributed by atoms with E-state index in [4.69, 9.17) is 37.0 Å². The summed E-state index contributed by atoms with van der Waals surface area (Å²) in [5.74, 6) is -2.18. The minimum atomic E-state index is -4.92. The van der Waals surface area contributed by atoms with Gasteiger partial charge in [-0.2, -0.15) is 0 Å². The van der Waals surface area contributed by atoms with Gasteiger partial charge in [-0.15, -0.1) is 0 Å². The Morgan fingerprint density at radius 1 is 0.348 bits per heavy atom. The average Bonchev–Trinajstić information content (AvgIpc) is 3.31. The van der Waals surface area contributed by atoms with E-state index >= 15 is 0 Å². The van der Waals surface area contributed by atoms with E-state index in [1.807, 2.05) is 0 Å². The van der Waals surface area contributed by atoms with Crippen molar-refractivity contribution in [1.29, 1.82) is 0 Å². The van der Waals surface area contributed by atoms with Crippen molar-refractivity contribution < 1.29 is 80.2 Å². The lowest BCUT2D eigenvalue weighted by atomic mass is 10.1. The molecule has 0 heterocycles. The molecule has 19 heteroatoms. The summed E-state index contributed by atoms with van der Waals surface area (Å²) in [7, 11) is -9.83. The number of esters is 4. The third-order valence-electron chi connectivity index (χ3n) is 11.4. The predicted octanol–water partition coefficient (Wildman–Crippen LogP) is 12.5. The number of phosphoric ester groups is 2. The Labute approximate surface area is 416 Å². The number of unbranched alkanes of at least 4 members (excludes halogenated alkanes) is 25. The first-order chi connectivity index (χ1) is 33.2. The molecule has 3 N–H and O–H groups in total. The summed E-state index contributed by atoms with van der Waals surface area (Å²) < 4.78 is 66.9. The fourth-order valence-corrected chi connectivity index (χ4v) is 8.74. The molecule has 0 bridgehead atoms. The highest BCUT2D eigenvalue weighted by atomic mass is 31.2. The molecule has 0 fully saturated rings. The van der Waals surface area contributed by atoms with E-state index in [9.17, 15) is 43.2 Å². The zero-order chi connectivity index (χ0) is 51.3. The second-order valence-electron chi connectivity index (χ2n) is 18.2. The van der Waals surface area contributed by atoms with E-state index in [1.54, 1.807) is 0 Å². The Morgan fingerprint density at radius 3 is 0.855 bits per heavy atom. The summed E-state index contributed by atoms with van der Waals surface area (Å²) in [6.45, 7) is 4.57. The third-order valence-corrected chi connectivity index (χ3v) is 13.3. The van der Waals surface area contributed by atoms with Crippen LogP contribution in [0.3, 0.4) is 0 Å². The number of carbonyl (C=O) groups excluding carboxylic acids is 4. The maximum atomic E-state index is 12.8. The Hall–Kier alpha value is -1.94. The number of hydrogen-bond acceptors (Lipinski definition) is 15. The van der Waals surface area contributed by atoms with E-state index in [0.717, 1.165) is 96.3 Å². The van der Waals surface area contributed by atoms with Gasteiger partial charge in [0.1, 0.15) is 19.3 Å². The van der Waals surface area contributed by atoms with Gasteiger partial charge in [0.25, 0.3) is 0 Å². The number of carbonyl (C=O) groups is 4. The molecule has 2 unspecified atom stereocenters. The van der Waals surface area contributed by atoms with Crippen LogP contribution in [0, 0.1) is 0 Å². The van der Waals surface area contributed by atoms with Gasteiger partial charge in [0.2, 0.25) is 0 Å². The second kappa shape index (κ2) is 45.9. The zero-order valence-electron chi connectivity index (χ0n) is 43.3. The van der Waals surface area contributed by atoms with Crippen LogP contribution in [0.25, 0.3) is 0 Å². The molecule has 0 amide bonds. The van der Waals surface area contributed by atoms with Crippen LogP contribution in [0.2, 0.25) is 0 Å². The SMILES string of the molecule is CCCCCCCCCCCCC(=O)OC[C@H](COP(=O)(O)OC[C@H](O)COP(=O)(O)OC[C@@H](COC(=O)CCCCCCC)OC(=O)CCCCCCC)OC(=O)CCCCCCCCCCC. The molecule has 0 aromatic heterocycles. The molecular weight excluding hydrogens is 934 g/mol. The largest absolute Gasteiger partial charge is 0.472 e. The fraction of sp³-hybridized carbons (Fsp3) is 0.920. The molecule has 0 saturated heterocycles. The third kappa shape index (κ3) is 45.7. The highest BCUT2D eigenvalue weighted by Gasteiger charge is 2.30. The summed E-state index contributed by atoms with van der Waals surface area (Å²) in [5, 5.41) is 10.4. The molecule has 0 saturated carbocycles. The highest BCUT2D eigenvalue weighted by molar-refractivity contribution is 7.47. The Morgan fingerprint density at radius 2 is 0.580 bits per heavy atom. The van der Waals surface area contributed by atoms with Gasteiger partial charge in [-0.25, -0.2) is 9.13 Å². The second-order valence-corrected chi connectivity index (χ2v) is 21.1. The molecule has 0 spiro atoms. The molecule has 0 aliphatic carbocycles. The van der Waals surface area contributed by atoms with Gasteiger partial charge in [0.15, 0.2) is 12.2 Å². The van der Waals surface area contributed by atoms with Crippen LogP contribution in [0.4, 0.5) is 0 Å². The molecule has 0 rings (SSSR count). The molecule has 0 aromatic carbocycles. The van der Waals surface area contributed by atoms with Crippen molar-refractivity contribution in [2.45, 2.75) is 258 Å². The van der Waals surface area contributed by atoms with E-state index in [0.29, 0.717) is 25.7 Å². The monoisotopic (exact) mass is 1030 g/mol. The van der Waals surface area contributed by atoms with Gasteiger partial charge in [-0.1, -0.05) is 188 Å². The van der Waals surface area contributed by atoms with Crippen LogP contribution < -0.4 is 0 Å². The number of rotatable bonds is 51. The summed E-state index contributed by atoms with van der Waals surface area (Å²) >= 11 is 0. The van der Waals surface area contributed by atoms with Gasteiger partial charge < -0.3 is 33.8 Å². The molecule has 17 nitrogen and oxygen atoms in total. The summed E-state index contributed by atoms with van der Waals surface area (Å²) in [5.41, 5.74) is 0. The standard InChI is InChI=1S/C50H96O17P2/c1-5-9-13-17-19-21-23-24-28-31-35-48(53)61-41-46(67-50(55)37-33-29-25-22-20-18-14-10-6-2)43-65-69(58,59)63-39-44(51)38-62-68(56,57)64-42-45(66-49(54)36-32-27-16-12-8-4)40-60-47(52)34-30-26-15-11-7-3/h44-46,51H,5-43H2,1-4H3,(H,56,57)(H,58,59)/t44-,45-,46-/m1/s1. The Bertz CT molecular complexity index is 1370. The van der Waals surface area contributed by atoms with Crippen LogP contribution in [-0.4, -0.2) is 96.7 Å². The Balaban J connectivity index is 5.14. The van der Waals surface area contributed by atoms with Crippen molar-refractivity contribution in [3.8, 4) is 0 Å². The van der Waals surface area contributed by atoms with Crippen molar-refractivity contribution in [2.75, 3.05) is 39.6 Å². The molecular formula is C50H96O17P2. The van der Waals surface area contributed by atoms with Crippen molar-refractivity contribution in [3.63, 3.8) is 0 Å². The highest BCUT2D eigenvalue weighted by Crippen LogP contribution is 2.45. The molecule has 408 valence electrons. The normalized spacial score (nSPS) is 14.6. The van der Waals surface area contributed by atoms with Crippen LogP contribution in [0.15, 0.2) is 0 Å². The quantitative estimate of drug-likeness (QED) is 0.0222. The summed E-state index contributed by atoms with van der Waals surface area (Å²) in [4.78, 5) is 70.9. The topological polar surface area (TPSA) is 237 Å². The van der Waals surface area contributed by atoms with Gasteiger partial charge in [-0.05, 0) is 25.7 Å². The minimum absolute atomic E-state index is 0.0988. The number of phosphoric acid groups is 2. The number of hydrogen-bond donors (Lipinski definition) is 3. The fourth-order valence-electron chi connectivity index (χ4n) is 7.16. The van der Waals surface area contributed by atoms with E-state index in [2.05, 4.69) is 27.7 Å². The minimum Gasteiger partial charge on any atom is -0.462 e. The first-order valence-electron chi connectivity index (χ1n) is 26.8. The van der Waals surface area contributed by atoms with Crippen LogP contribution in [0.5, 0.6) is 0 Å².